The van der Waals surface area contributed by atoms with Gasteiger partial charge in [-0.25, -0.2) is 0 Å². The second-order valence-corrected chi connectivity index (χ2v) is 7.10. The Morgan fingerprint density at radius 2 is 2.30 bits per heavy atom. The zero-order valence-electron chi connectivity index (χ0n) is 12.9. The number of ether oxygens (including phenoxy) is 1. The average Bonchev–Trinajstić information content (AvgIpc) is 3.31. The van der Waals surface area contributed by atoms with Crippen molar-refractivity contribution < 1.29 is 4.74 Å². The number of thioether (sulfide) groups is 1. The molecular weight excluding hydrogens is 270 g/mol. The molecule has 2 aliphatic rings. The summed E-state index contributed by atoms with van der Waals surface area (Å²) in [6.07, 6.45) is 5.05. The van der Waals surface area contributed by atoms with E-state index in [1.165, 1.54) is 25.0 Å². The zero-order chi connectivity index (χ0) is 14.2. The SMILES string of the molecule is CCC1CN(C(=NC)NCCCOCC2CC2)CCS1. The normalized spacial score (nSPS) is 24.0. The Labute approximate surface area is 127 Å². The van der Waals surface area contributed by atoms with Gasteiger partial charge in [0.1, 0.15) is 0 Å². The first-order chi connectivity index (χ1) is 9.83. The van der Waals surface area contributed by atoms with Crippen molar-refractivity contribution in [3.8, 4) is 0 Å². The van der Waals surface area contributed by atoms with Crippen LogP contribution in [0.4, 0.5) is 0 Å². The lowest BCUT2D eigenvalue weighted by Crippen LogP contribution is -2.48. The fourth-order valence-corrected chi connectivity index (χ4v) is 3.58. The van der Waals surface area contributed by atoms with Gasteiger partial charge in [-0.3, -0.25) is 4.99 Å². The summed E-state index contributed by atoms with van der Waals surface area (Å²) >= 11 is 2.09. The summed E-state index contributed by atoms with van der Waals surface area (Å²) in [4.78, 5) is 6.82. The van der Waals surface area contributed by atoms with Gasteiger partial charge in [-0.1, -0.05) is 6.92 Å². The van der Waals surface area contributed by atoms with Crippen LogP contribution in [-0.2, 0) is 4.74 Å². The highest BCUT2D eigenvalue weighted by molar-refractivity contribution is 8.00. The summed E-state index contributed by atoms with van der Waals surface area (Å²) in [5, 5.41) is 4.23. The molecule has 0 amide bonds. The molecule has 1 N–H and O–H groups in total. The Kier molecular flexibility index (Phi) is 7.00. The van der Waals surface area contributed by atoms with E-state index >= 15 is 0 Å². The topological polar surface area (TPSA) is 36.9 Å². The first kappa shape index (κ1) is 16.0. The van der Waals surface area contributed by atoms with E-state index in [2.05, 4.69) is 33.9 Å². The van der Waals surface area contributed by atoms with E-state index in [0.717, 1.165) is 56.4 Å². The summed E-state index contributed by atoms with van der Waals surface area (Å²) in [6.45, 7) is 7.30. The fourth-order valence-electron chi connectivity index (χ4n) is 2.40. The highest BCUT2D eigenvalue weighted by Crippen LogP contribution is 2.28. The Morgan fingerprint density at radius 3 is 3.00 bits per heavy atom. The number of hydrogen-bond acceptors (Lipinski definition) is 3. The highest BCUT2D eigenvalue weighted by Gasteiger charge is 2.22. The van der Waals surface area contributed by atoms with Crippen molar-refractivity contribution in [1.82, 2.24) is 10.2 Å². The summed E-state index contributed by atoms with van der Waals surface area (Å²) in [6, 6.07) is 0. The molecule has 1 unspecified atom stereocenters. The zero-order valence-corrected chi connectivity index (χ0v) is 13.8. The third-order valence-corrected chi connectivity index (χ3v) is 5.28. The lowest BCUT2D eigenvalue weighted by atomic mass is 10.3. The van der Waals surface area contributed by atoms with Crippen molar-refractivity contribution in [2.45, 2.75) is 37.9 Å². The average molecular weight is 299 g/mol. The van der Waals surface area contributed by atoms with Crippen LogP contribution in [0.2, 0.25) is 0 Å². The van der Waals surface area contributed by atoms with Crippen molar-refractivity contribution in [2.24, 2.45) is 10.9 Å². The van der Waals surface area contributed by atoms with Gasteiger partial charge in [0.15, 0.2) is 5.96 Å². The van der Waals surface area contributed by atoms with Crippen LogP contribution in [0.5, 0.6) is 0 Å². The molecule has 5 heteroatoms. The highest BCUT2D eigenvalue weighted by atomic mass is 32.2. The second kappa shape index (κ2) is 8.78. The quantitative estimate of drug-likeness (QED) is 0.444. The van der Waals surface area contributed by atoms with Gasteiger partial charge in [0.25, 0.3) is 0 Å². The predicted molar refractivity (Wildman–Crippen MR) is 87.6 cm³/mol. The Morgan fingerprint density at radius 1 is 1.45 bits per heavy atom. The number of hydrogen-bond donors (Lipinski definition) is 1. The minimum atomic E-state index is 0.754. The van der Waals surface area contributed by atoms with E-state index in [1.807, 2.05) is 7.05 Å². The van der Waals surface area contributed by atoms with Crippen LogP contribution in [0.1, 0.15) is 32.6 Å². The lowest BCUT2D eigenvalue weighted by molar-refractivity contribution is 0.122. The maximum atomic E-state index is 5.66. The maximum absolute atomic E-state index is 5.66. The van der Waals surface area contributed by atoms with Crippen LogP contribution in [0.3, 0.4) is 0 Å². The van der Waals surface area contributed by atoms with Crippen molar-refractivity contribution >= 4 is 17.7 Å². The Balaban J connectivity index is 1.58. The van der Waals surface area contributed by atoms with Crippen LogP contribution in [0.15, 0.2) is 4.99 Å². The van der Waals surface area contributed by atoms with Gasteiger partial charge in [-0.05, 0) is 31.6 Å². The summed E-state index contributed by atoms with van der Waals surface area (Å²) in [7, 11) is 1.88. The molecule has 1 aliphatic heterocycles. The molecule has 1 atom stereocenters. The minimum Gasteiger partial charge on any atom is -0.381 e. The predicted octanol–water partition coefficient (Wildman–Crippen LogP) is 2.21. The number of aliphatic imine (C=N–C) groups is 1. The van der Waals surface area contributed by atoms with Crippen LogP contribution >= 0.6 is 11.8 Å². The van der Waals surface area contributed by atoms with E-state index in [4.69, 9.17) is 4.74 Å². The molecule has 0 aromatic heterocycles. The van der Waals surface area contributed by atoms with Gasteiger partial charge >= 0.3 is 0 Å². The third kappa shape index (κ3) is 5.52. The van der Waals surface area contributed by atoms with Crippen LogP contribution in [-0.4, -0.2) is 61.8 Å². The van der Waals surface area contributed by atoms with Gasteiger partial charge in [0, 0.05) is 50.9 Å². The first-order valence-electron chi connectivity index (χ1n) is 7.98. The molecule has 0 radical (unpaired) electrons. The second-order valence-electron chi connectivity index (χ2n) is 5.69. The van der Waals surface area contributed by atoms with Gasteiger partial charge in [0.2, 0.25) is 0 Å². The maximum Gasteiger partial charge on any atom is 0.193 e. The molecular formula is C15H29N3OS. The van der Waals surface area contributed by atoms with E-state index in [-0.39, 0.29) is 0 Å². The largest absolute Gasteiger partial charge is 0.381 e. The number of nitrogens with zero attached hydrogens (tertiary/aromatic N) is 2. The fraction of sp³-hybridized carbons (Fsp3) is 0.933. The van der Waals surface area contributed by atoms with E-state index in [1.54, 1.807) is 0 Å². The Bertz CT molecular complexity index is 307. The van der Waals surface area contributed by atoms with Crippen LogP contribution < -0.4 is 5.32 Å². The first-order valence-corrected chi connectivity index (χ1v) is 9.03. The van der Waals surface area contributed by atoms with Crippen LogP contribution in [0.25, 0.3) is 0 Å². The smallest absolute Gasteiger partial charge is 0.193 e. The molecule has 2 fully saturated rings. The molecule has 2 rings (SSSR count). The summed E-state index contributed by atoms with van der Waals surface area (Å²) in [5.41, 5.74) is 0. The van der Waals surface area contributed by atoms with E-state index in [9.17, 15) is 0 Å². The molecule has 0 spiro atoms. The van der Waals surface area contributed by atoms with Gasteiger partial charge in [0.05, 0.1) is 0 Å². The standard InChI is InChI=1S/C15H29N3OS/c1-3-14-11-18(8-10-20-14)15(16-2)17-7-4-9-19-12-13-5-6-13/h13-14H,3-12H2,1-2H3,(H,16,17). The molecule has 4 nitrogen and oxygen atoms in total. The molecule has 20 heavy (non-hydrogen) atoms. The number of rotatable bonds is 7. The molecule has 1 saturated carbocycles. The van der Waals surface area contributed by atoms with Crippen molar-refractivity contribution in [1.29, 1.82) is 0 Å². The van der Waals surface area contributed by atoms with Crippen molar-refractivity contribution in [3.05, 3.63) is 0 Å². The molecule has 0 aromatic rings. The molecule has 1 aliphatic carbocycles. The molecule has 116 valence electrons. The molecule has 0 aromatic carbocycles. The van der Waals surface area contributed by atoms with Crippen molar-refractivity contribution in [3.63, 3.8) is 0 Å². The summed E-state index contributed by atoms with van der Waals surface area (Å²) < 4.78 is 5.66. The monoisotopic (exact) mass is 299 g/mol. The van der Waals surface area contributed by atoms with Crippen LogP contribution in [0, 0.1) is 5.92 Å². The minimum absolute atomic E-state index is 0.754. The van der Waals surface area contributed by atoms with E-state index in [0.29, 0.717) is 0 Å². The summed E-state index contributed by atoms with van der Waals surface area (Å²) in [5.74, 6) is 3.14. The van der Waals surface area contributed by atoms with E-state index < -0.39 is 0 Å². The number of nitrogens with one attached hydrogen (secondary N) is 1. The molecule has 0 bridgehead atoms. The molecule has 1 saturated heterocycles. The van der Waals surface area contributed by atoms with Gasteiger partial charge < -0.3 is 15.0 Å². The third-order valence-electron chi connectivity index (χ3n) is 3.90. The van der Waals surface area contributed by atoms with Crippen molar-refractivity contribution in [2.75, 3.05) is 45.6 Å². The number of guanidine groups is 1. The van der Waals surface area contributed by atoms with Gasteiger partial charge in [-0.15, -0.1) is 0 Å². The molecule has 1 heterocycles. The lowest BCUT2D eigenvalue weighted by Gasteiger charge is -2.34. The van der Waals surface area contributed by atoms with Gasteiger partial charge in [-0.2, -0.15) is 11.8 Å². The Hall–Kier alpha value is -0.420.